The first kappa shape index (κ1) is 14.9. The topological polar surface area (TPSA) is 66.4 Å². The summed E-state index contributed by atoms with van der Waals surface area (Å²) in [5.74, 6) is -2.09. The van der Waals surface area contributed by atoms with Crippen LogP contribution in [0.4, 0.5) is 10.1 Å². The summed E-state index contributed by atoms with van der Waals surface area (Å²) in [5, 5.41) is 12.8. The predicted molar refractivity (Wildman–Crippen MR) is 80.1 cm³/mol. The minimum absolute atomic E-state index is 0.0987. The third-order valence-electron chi connectivity index (χ3n) is 2.68. The minimum atomic E-state index is -1.10. The van der Waals surface area contributed by atoms with Crippen LogP contribution in [0.5, 0.6) is 0 Å². The molecule has 0 spiro atoms. The molecule has 2 aromatic rings. The van der Waals surface area contributed by atoms with Crippen molar-refractivity contribution >= 4 is 35.0 Å². The highest BCUT2D eigenvalue weighted by Gasteiger charge is 2.14. The molecule has 1 amide bonds. The molecule has 0 aliphatic rings. The fraction of sp³-hybridized carbons (Fsp3) is 0.0667. The second kappa shape index (κ2) is 6.32. The molecule has 0 saturated heterocycles. The number of amides is 1. The van der Waals surface area contributed by atoms with Gasteiger partial charge in [0.15, 0.2) is 0 Å². The number of aryl methyl sites for hydroxylation is 1. The lowest BCUT2D eigenvalue weighted by molar-refractivity contribution is -0.131. The molecule has 0 atom stereocenters. The van der Waals surface area contributed by atoms with Gasteiger partial charge in [-0.2, -0.15) is 0 Å². The molecule has 4 nitrogen and oxygen atoms in total. The van der Waals surface area contributed by atoms with E-state index < -0.39 is 17.7 Å². The first-order chi connectivity index (χ1) is 9.97. The van der Waals surface area contributed by atoms with Crippen LogP contribution in [-0.4, -0.2) is 17.0 Å². The van der Waals surface area contributed by atoms with Gasteiger partial charge in [0.2, 0.25) is 0 Å². The number of anilines is 1. The summed E-state index contributed by atoms with van der Waals surface area (Å²) in [6, 6.07) is 6.06. The van der Waals surface area contributed by atoms with Crippen LogP contribution >= 0.6 is 11.3 Å². The fourth-order valence-corrected chi connectivity index (χ4v) is 2.49. The van der Waals surface area contributed by atoms with Gasteiger partial charge < -0.3 is 10.4 Å². The van der Waals surface area contributed by atoms with Gasteiger partial charge in [-0.05, 0) is 47.7 Å². The van der Waals surface area contributed by atoms with Gasteiger partial charge in [0.25, 0.3) is 5.91 Å². The van der Waals surface area contributed by atoms with Crippen LogP contribution in [0.3, 0.4) is 0 Å². The summed E-state index contributed by atoms with van der Waals surface area (Å²) in [6.07, 6.45) is 2.28. The average molecular weight is 305 g/mol. The van der Waals surface area contributed by atoms with E-state index in [1.807, 2.05) is 0 Å². The van der Waals surface area contributed by atoms with Gasteiger partial charge in [0.05, 0.1) is 10.6 Å². The maximum absolute atomic E-state index is 13.6. The summed E-state index contributed by atoms with van der Waals surface area (Å²) < 4.78 is 13.6. The Hall–Kier alpha value is -2.47. The first-order valence-electron chi connectivity index (χ1n) is 6.03. The molecule has 0 saturated carbocycles. The van der Waals surface area contributed by atoms with Gasteiger partial charge >= 0.3 is 5.97 Å². The molecule has 21 heavy (non-hydrogen) atoms. The van der Waals surface area contributed by atoms with Crippen molar-refractivity contribution in [2.24, 2.45) is 0 Å². The summed E-state index contributed by atoms with van der Waals surface area (Å²) in [4.78, 5) is 23.0. The predicted octanol–water partition coefficient (Wildman–Crippen LogP) is 3.55. The summed E-state index contributed by atoms with van der Waals surface area (Å²) in [7, 11) is 0. The van der Waals surface area contributed by atoms with Crippen LogP contribution in [0.1, 0.15) is 20.8 Å². The zero-order valence-corrected chi connectivity index (χ0v) is 11.9. The van der Waals surface area contributed by atoms with Gasteiger partial charge in [0, 0.05) is 6.08 Å². The lowest BCUT2D eigenvalue weighted by atomic mass is 10.2. The maximum atomic E-state index is 13.6. The van der Waals surface area contributed by atoms with E-state index in [9.17, 15) is 14.0 Å². The molecular formula is C15H12FNO3S. The Morgan fingerprint density at radius 3 is 2.81 bits per heavy atom. The van der Waals surface area contributed by atoms with Crippen molar-refractivity contribution in [3.8, 4) is 0 Å². The summed E-state index contributed by atoms with van der Waals surface area (Å²) in [5.41, 5.74) is 1.40. The van der Waals surface area contributed by atoms with Gasteiger partial charge in [-0.15, -0.1) is 11.3 Å². The number of carboxylic acid groups (broad SMARTS) is 1. The average Bonchev–Trinajstić information content (AvgIpc) is 2.89. The van der Waals surface area contributed by atoms with Crippen molar-refractivity contribution in [3.63, 3.8) is 0 Å². The molecule has 0 radical (unpaired) electrons. The highest BCUT2D eigenvalue weighted by atomic mass is 32.1. The van der Waals surface area contributed by atoms with E-state index in [0.29, 0.717) is 10.4 Å². The minimum Gasteiger partial charge on any atom is -0.478 e. The SMILES string of the molecule is Cc1ccc(F)c(NC(=O)c2sccc2C=CC(=O)O)c1. The van der Waals surface area contributed by atoms with Crippen molar-refractivity contribution in [1.29, 1.82) is 0 Å². The third-order valence-corrected chi connectivity index (χ3v) is 3.61. The van der Waals surface area contributed by atoms with E-state index in [1.54, 1.807) is 24.4 Å². The van der Waals surface area contributed by atoms with Crippen molar-refractivity contribution in [2.45, 2.75) is 6.92 Å². The largest absolute Gasteiger partial charge is 0.478 e. The van der Waals surface area contributed by atoms with Crippen molar-refractivity contribution in [3.05, 3.63) is 57.5 Å². The fourth-order valence-electron chi connectivity index (χ4n) is 1.71. The number of nitrogens with one attached hydrogen (secondary N) is 1. The Morgan fingerprint density at radius 2 is 2.10 bits per heavy atom. The number of aliphatic carboxylic acids is 1. The quantitative estimate of drug-likeness (QED) is 0.849. The smallest absolute Gasteiger partial charge is 0.328 e. The van der Waals surface area contributed by atoms with E-state index in [-0.39, 0.29) is 5.69 Å². The van der Waals surface area contributed by atoms with Crippen LogP contribution in [0.2, 0.25) is 0 Å². The Kier molecular flexibility index (Phi) is 4.49. The van der Waals surface area contributed by atoms with E-state index in [1.165, 1.54) is 18.2 Å². The van der Waals surface area contributed by atoms with Gasteiger partial charge in [-0.3, -0.25) is 4.79 Å². The van der Waals surface area contributed by atoms with Gasteiger partial charge in [-0.1, -0.05) is 6.07 Å². The maximum Gasteiger partial charge on any atom is 0.328 e. The first-order valence-corrected chi connectivity index (χ1v) is 6.91. The highest BCUT2D eigenvalue weighted by molar-refractivity contribution is 7.12. The normalized spacial score (nSPS) is 10.8. The second-order valence-corrected chi connectivity index (χ2v) is 5.23. The molecule has 0 aliphatic heterocycles. The van der Waals surface area contributed by atoms with E-state index in [4.69, 9.17) is 5.11 Å². The van der Waals surface area contributed by atoms with E-state index in [2.05, 4.69) is 5.32 Å². The number of rotatable bonds is 4. The zero-order valence-electron chi connectivity index (χ0n) is 11.1. The Labute approximate surface area is 124 Å². The van der Waals surface area contributed by atoms with Gasteiger partial charge in [-0.25, -0.2) is 9.18 Å². The molecule has 0 aliphatic carbocycles. The monoisotopic (exact) mass is 305 g/mol. The van der Waals surface area contributed by atoms with Crippen molar-refractivity contribution in [1.82, 2.24) is 0 Å². The number of halogens is 1. The van der Waals surface area contributed by atoms with Gasteiger partial charge in [0.1, 0.15) is 5.82 Å². The van der Waals surface area contributed by atoms with Crippen LogP contribution in [0.15, 0.2) is 35.7 Å². The van der Waals surface area contributed by atoms with Crippen LogP contribution in [-0.2, 0) is 4.79 Å². The molecule has 2 rings (SSSR count). The Bertz CT molecular complexity index is 721. The number of benzene rings is 1. The Morgan fingerprint density at radius 1 is 1.33 bits per heavy atom. The highest BCUT2D eigenvalue weighted by Crippen LogP contribution is 2.22. The lowest BCUT2D eigenvalue weighted by Crippen LogP contribution is -2.12. The molecule has 1 aromatic heterocycles. The molecule has 1 heterocycles. The molecule has 1 aromatic carbocycles. The van der Waals surface area contributed by atoms with Crippen LogP contribution in [0.25, 0.3) is 6.08 Å². The lowest BCUT2D eigenvalue weighted by Gasteiger charge is -2.07. The summed E-state index contributed by atoms with van der Waals surface area (Å²) >= 11 is 1.16. The molecule has 6 heteroatoms. The van der Waals surface area contributed by atoms with E-state index >= 15 is 0 Å². The number of carbonyl (C=O) groups is 2. The molecule has 0 bridgehead atoms. The molecule has 2 N–H and O–H groups in total. The third kappa shape index (κ3) is 3.76. The molecular weight excluding hydrogens is 293 g/mol. The molecule has 108 valence electrons. The second-order valence-electron chi connectivity index (χ2n) is 4.31. The van der Waals surface area contributed by atoms with Crippen molar-refractivity contribution < 1.29 is 19.1 Å². The number of hydrogen-bond acceptors (Lipinski definition) is 3. The standard InChI is InChI=1S/C15H12FNO3S/c1-9-2-4-11(16)12(8-9)17-15(20)14-10(6-7-21-14)3-5-13(18)19/h2-8H,1H3,(H,17,20)(H,18,19). The summed E-state index contributed by atoms with van der Waals surface area (Å²) in [6.45, 7) is 1.79. The number of thiophene rings is 1. The molecule has 0 fully saturated rings. The number of hydrogen-bond donors (Lipinski definition) is 2. The zero-order chi connectivity index (χ0) is 15.4. The van der Waals surface area contributed by atoms with Crippen LogP contribution in [0, 0.1) is 12.7 Å². The Balaban J connectivity index is 2.23. The number of carboxylic acids is 1. The van der Waals surface area contributed by atoms with E-state index in [0.717, 1.165) is 23.0 Å². The molecule has 0 unspecified atom stereocenters. The number of carbonyl (C=O) groups excluding carboxylic acids is 1. The van der Waals surface area contributed by atoms with Crippen LogP contribution < -0.4 is 5.32 Å². The van der Waals surface area contributed by atoms with Crippen molar-refractivity contribution in [2.75, 3.05) is 5.32 Å².